The Hall–Kier alpha value is -1.55. The minimum atomic E-state index is -0.213. The van der Waals surface area contributed by atoms with Crippen LogP contribution in [0.25, 0.3) is 0 Å². The predicted molar refractivity (Wildman–Crippen MR) is 124 cm³/mol. The molecule has 1 aromatic rings. The van der Waals surface area contributed by atoms with Gasteiger partial charge < -0.3 is 14.6 Å². The minimum absolute atomic E-state index is 0.177. The first-order chi connectivity index (χ1) is 13.7. The highest BCUT2D eigenvalue weighted by Crippen LogP contribution is 2.40. The van der Waals surface area contributed by atoms with E-state index in [1.165, 1.54) is 0 Å². The van der Waals surface area contributed by atoms with Gasteiger partial charge in [-0.1, -0.05) is 74.4 Å². The topological polar surface area (TPSA) is 55.8 Å². The fraction of sp³-hybridized carbons (Fsp3) is 0.731. The summed E-state index contributed by atoms with van der Waals surface area (Å²) in [4.78, 5) is 12.2. The van der Waals surface area contributed by atoms with Gasteiger partial charge in [0.2, 0.25) is 0 Å². The summed E-state index contributed by atoms with van der Waals surface area (Å²) in [6.45, 7) is 20.5. The Labute approximate surface area is 184 Å². The summed E-state index contributed by atoms with van der Waals surface area (Å²) < 4.78 is 11.1. The monoisotopic (exact) mass is 420 g/mol. The third-order valence-electron chi connectivity index (χ3n) is 6.05. The molecule has 0 aliphatic heterocycles. The molecule has 0 aliphatic rings. The Bertz CT molecular complexity index is 653. The zero-order valence-corrected chi connectivity index (χ0v) is 20.8. The van der Waals surface area contributed by atoms with Gasteiger partial charge in [-0.25, -0.2) is 0 Å². The first-order valence-corrected chi connectivity index (χ1v) is 11.3. The van der Waals surface area contributed by atoms with Crippen LogP contribution in [0.2, 0.25) is 0 Å². The Morgan fingerprint density at radius 2 is 1.40 bits per heavy atom. The number of phenols is 1. The van der Waals surface area contributed by atoms with E-state index in [4.69, 9.17) is 9.47 Å². The van der Waals surface area contributed by atoms with Crippen molar-refractivity contribution in [3.8, 4) is 5.75 Å². The maximum atomic E-state index is 12.2. The molecule has 0 atom stereocenters. The Morgan fingerprint density at radius 3 is 1.83 bits per heavy atom. The van der Waals surface area contributed by atoms with Crippen LogP contribution in [0.15, 0.2) is 12.1 Å². The molecule has 0 amide bonds. The molecule has 4 heteroatoms. The number of carbonyl (C=O) groups excluding carboxylic acids is 1. The Balaban J connectivity index is 2.66. The first-order valence-electron chi connectivity index (χ1n) is 11.3. The first kappa shape index (κ1) is 26.5. The lowest BCUT2D eigenvalue weighted by Crippen LogP contribution is -2.23. The standard InChI is InChI=1S/C26H44O4/c1-10-26(9,11-2)18-29-14-15-30-22(27)13-12-19-16-20(24(3,4)5)23(28)21(17-19)25(6,7)8/h16-17,28H,10-15,18H2,1-9H3. The summed E-state index contributed by atoms with van der Waals surface area (Å²) in [5.41, 5.74) is 2.73. The Morgan fingerprint density at radius 1 is 0.900 bits per heavy atom. The summed E-state index contributed by atoms with van der Waals surface area (Å²) in [6, 6.07) is 4.05. The van der Waals surface area contributed by atoms with Gasteiger partial charge in [0.1, 0.15) is 12.4 Å². The largest absolute Gasteiger partial charge is 0.507 e. The molecule has 30 heavy (non-hydrogen) atoms. The molecule has 0 radical (unpaired) electrons. The third-order valence-corrected chi connectivity index (χ3v) is 6.05. The van der Waals surface area contributed by atoms with Crippen molar-refractivity contribution >= 4 is 5.97 Å². The van der Waals surface area contributed by atoms with E-state index in [0.29, 0.717) is 38.4 Å². The van der Waals surface area contributed by atoms with Gasteiger partial charge in [0, 0.05) is 6.42 Å². The van der Waals surface area contributed by atoms with Crippen LogP contribution in [0.4, 0.5) is 0 Å². The predicted octanol–water partition coefficient (Wildman–Crippen LogP) is 6.31. The quantitative estimate of drug-likeness (QED) is 0.356. The lowest BCUT2D eigenvalue weighted by Gasteiger charge is -2.28. The maximum absolute atomic E-state index is 12.2. The Kier molecular flexibility index (Phi) is 9.41. The van der Waals surface area contributed by atoms with Crippen molar-refractivity contribution in [1.82, 2.24) is 0 Å². The zero-order valence-electron chi connectivity index (χ0n) is 20.8. The van der Waals surface area contributed by atoms with Gasteiger partial charge in [0.25, 0.3) is 0 Å². The van der Waals surface area contributed by atoms with Gasteiger partial charge in [-0.15, -0.1) is 0 Å². The van der Waals surface area contributed by atoms with Crippen molar-refractivity contribution in [2.24, 2.45) is 5.41 Å². The second-order valence-electron chi connectivity index (χ2n) is 10.8. The van der Waals surface area contributed by atoms with Crippen molar-refractivity contribution in [3.63, 3.8) is 0 Å². The molecule has 1 N–H and O–H groups in total. The highest BCUT2D eigenvalue weighted by atomic mass is 16.6. The van der Waals surface area contributed by atoms with Crippen LogP contribution in [0.5, 0.6) is 5.75 Å². The molecule has 1 aromatic carbocycles. The molecule has 0 saturated carbocycles. The fourth-order valence-electron chi connectivity index (χ4n) is 3.29. The summed E-state index contributed by atoms with van der Waals surface area (Å²) in [5.74, 6) is 0.152. The van der Waals surface area contributed by atoms with E-state index >= 15 is 0 Å². The molecule has 0 aromatic heterocycles. The van der Waals surface area contributed by atoms with Crippen molar-refractivity contribution in [2.75, 3.05) is 19.8 Å². The van der Waals surface area contributed by atoms with Crippen LogP contribution in [0.1, 0.15) is 98.3 Å². The SMILES string of the molecule is CCC(C)(CC)COCCOC(=O)CCc1cc(C(C)(C)C)c(O)c(C(C)(C)C)c1. The molecule has 1 rings (SSSR count). The minimum Gasteiger partial charge on any atom is -0.507 e. The molecule has 0 unspecified atom stereocenters. The number of hydrogen-bond donors (Lipinski definition) is 1. The number of hydrogen-bond acceptors (Lipinski definition) is 4. The van der Waals surface area contributed by atoms with Gasteiger partial charge in [-0.05, 0) is 52.2 Å². The van der Waals surface area contributed by atoms with E-state index < -0.39 is 0 Å². The number of aryl methyl sites for hydroxylation is 1. The molecule has 0 heterocycles. The van der Waals surface area contributed by atoms with Crippen LogP contribution in [-0.4, -0.2) is 30.9 Å². The van der Waals surface area contributed by atoms with E-state index in [9.17, 15) is 9.90 Å². The van der Waals surface area contributed by atoms with Crippen LogP contribution in [-0.2, 0) is 31.5 Å². The number of carbonyl (C=O) groups is 1. The molecular weight excluding hydrogens is 376 g/mol. The van der Waals surface area contributed by atoms with Crippen molar-refractivity contribution in [3.05, 3.63) is 28.8 Å². The molecule has 172 valence electrons. The van der Waals surface area contributed by atoms with Crippen molar-refractivity contribution in [1.29, 1.82) is 0 Å². The van der Waals surface area contributed by atoms with E-state index in [-0.39, 0.29) is 22.2 Å². The number of benzene rings is 1. The summed E-state index contributed by atoms with van der Waals surface area (Å²) >= 11 is 0. The van der Waals surface area contributed by atoms with E-state index in [2.05, 4.69) is 62.3 Å². The lowest BCUT2D eigenvalue weighted by molar-refractivity contribution is -0.145. The van der Waals surface area contributed by atoms with Crippen LogP contribution >= 0.6 is 0 Å². The highest BCUT2D eigenvalue weighted by molar-refractivity contribution is 5.69. The number of phenolic OH excluding ortho intramolecular Hbond substituents is 1. The number of rotatable bonds is 10. The van der Waals surface area contributed by atoms with Gasteiger partial charge >= 0.3 is 5.97 Å². The number of esters is 1. The number of aromatic hydroxyl groups is 1. The van der Waals surface area contributed by atoms with Crippen LogP contribution in [0.3, 0.4) is 0 Å². The molecular formula is C26H44O4. The summed E-state index contributed by atoms with van der Waals surface area (Å²) in [5, 5.41) is 10.8. The third kappa shape index (κ3) is 7.94. The van der Waals surface area contributed by atoms with E-state index in [1.807, 2.05) is 12.1 Å². The average molecular weight is 421 g/mol. The smallest absolute Gasteiger partial charge is 0.306 e. The van der Waals surface area contributed by atoms with Gasteiger partial charge in [0.05, 0.1) is 13.2 Å². The molecule has 0 fully saturated rings. The molecule has 4 nitrogen and oxygen atoms in total. The second-order valence-corrected chi connectivity index (χ2v) is 10.8. The normalized spacial score (nSPS) is 12.8. The fourth-order valence-corrected chi connectivity index (χ4v) is 3.29. The van der Waals surface area contributed by atoms with Crippen LogP contribution < -0.4 is 0 Å². The lowest BCUT2D eigenvalue weighted by atomic mass is 9.78. The molecule has 0 saturated heterocycles. The summed E-state index contributed by atoms with van der Waals surface area (Å²) in [7, 11) is 0. The van der Waals surface area contributed by atoms with Gasteiger partial charge in [0.15, 0.2) is 0 Å². The van der Waals surface area contributed by atoms with Gasteiger partial charge in [-0.2, -0.15) is 0 Å². The van der Waals surface area contributed by atoms with E-state index in [0.717, 1.165) is 29.5 Å². The average Bonchev–Trinajstić information content (AvgIpc) is 2.64. The maximum Gasteiger partial charge on any atom is 0.306 e. The second kappa shape index (κ2) is 10.7. The molecule has 0 spiro atoms. The number of ether oxygens (including phenoxy) is 2. The van der Waals surface area contributed by atoms with Gasteiger partial charge in [-0.3, -0.25) is 4.79 Å². The van der Waals surface area contributed by atoms with Crippen molar-refractivity contribution in [2.45, 2.75) is 98.8 Å². The van der Waals surface area contributed by atoms with E-state index in [1.54, 1.807) is 0 Å². The molecule has 0 bridgehead atoms. The van der Waals surface area contributed by atoms with Crippen molar-refractivity contribution < 1.29 is 19.4 Å². The molecule has 0 aliphatic carbocycles. The zero-order chi connectivity index (χ0) is 23.2. The van der Waals surface area contributed by atoms with Crippen LogP contribution in [0, 0.1) is 5.41 Å². The summed E-state index contributed by atoms with van der Waals surface area (Å²) in [6.07, 6.45) is 3.06. The highest BCUT2D eigenvalue weighted by Gasteiger charge is 2.26.